The maximum atomic E-state index is 12.5. The van der Waals surface area contributed by atoms with Crippen molar-refractivity contribution in [2.75, 3.05) is 6.61 Å². The van der Waals surface area contributed by atoms with Gasteiger partial charge in [0, 0.05) is 0 Å². The highest BCUT2D eigenvalue weighted by molar-refractivity contribution is 6.70. The molecule has 1 N–H and O–H groups in total. The summed E-state index contributed by atoms with van der Waals surface area (Å²) in [6.45, 7) is 5.21. The molecular formula is C13H19F3O2Si. The molecule has 1 aromatic rings. The van der Waals surface area contributed by atoms with E-state index in [-0.39, 0.29) is 6.42 Å². The van der Waals surface area contributed by atoms with Crippen LogP contribution in [0, 0.1) is 5.92 Å². The number of alkyl halides is 3. The van der Waals surface area contributed by atoms with Crippen molar-refractivity contribution in [1.29, 1.82) is 0 Å². The highest BCUT2D eigenvalue weighted by Gasteiger charge is 2.38. The summed E-state index contributed by atoms with van der Waals surface area (Å²) < 4.78 is 43.3. The quantitative estimate of drug-likeness (QED) is 0.840. The van der Waals surface area contributed by atoms with Gasteiger partial charge in [0.25, 0.3) is 0 Å². The molecule has 0 heterocycles. The summed E-state index contributed by atoms with van der Waals surface area (Å²) in [6.07, 6.45) is -4.59. The summed E-state index contributed by atoms with van der Waals surface area (Å²) in [5, 5.41) is 8.79. The molecule has 0 saturated carbocycles. The van der Waals surface area contributed by atoms with Crippen molar-refractivity contribution >= 4 is 8.32 Å². The van der Waals surface area contributed by atoms with E-state index in [0.717, 1.165) is 0 Å². The van der Waals surface area contributed by atoms with E-state index in [1.165, 1.54) is 0 Å². The van der Waals surface area contributed by atoms with Gasteiger partial charge in [-0.1, -0.05) is 12.1 Å². The minimum Gasteiger partial charge on any atom is -0.544 e. The molecule has 0 saturated heterocycles. The Kier molecular flexibility index (Phi) is 5.03. The van der Waals surface area contributed by atoms with Gasteiger partial charge in [-0.05, 0) is 43.8 Å². The summed E-state index contributed by atoms with van der Waals surface area (Å²) in [6, 6.07) is 6.59. The topological polar surface area (TPSA) is 29.5 Å². The zero-order chi connectivity index (χ0) is 14.7. The maximum absolute atomic E-state index is 12.5. The first-order chi connectivity index (χ1) is 8.62. The Morgan fingerprint density at radius 2 is 1.68 bits per heavy atom. The van der Waals surface area contributed by atoms with Crippen LogP contribution < -0.4 is 4.43 Å². The number of halogens is 3. The molecule has 19 heavy (non-hydrogen) atoms. The van der Waals surface area contributed by atoms with Gasteiger partial charge in [-0.15, -0.1) is 0 Å². The second-order valence-corrected chi connectivity index (χ2v) is 9.91. The van der Waals surface area contributed by atoms with E-state index in [0.29, 0.717) is 11.3 Å². The van der Waals surface area contributed by atoms with Crippen molar-refractivity contribution in [3.05, 3.63) is 29.8 Å². The van der Waals surface area contributed by atoms with Crippen LogP contribution in [0.3, 0.4) is 0 Å². The number of aliphatic hydroxyl groups is 1. The Balaban J connectivity index is 2.71. The fraction of sp³-hybridized carbons (Fsp3) is 0.538. The lowest BCUT2D eigenvalue weighted by Crippen LogP contribution is -2.29. The molecule has 1 rings (SSSR count). The average Bonchev–Trinajstić information content (AvgIpc) is 2.24. The normalized spacial score (nSPS) is 14.3. The lowest BCUT2D eigenvalue weighted by Gasteiger charge is -2.20. The lowest BCUT2D eigenvalue weighted by atomic mass is 9.99. The largest absolute Gasteiger partial charge is 0.544 e. The van der Waals surface area contributed by atoms with E-state index in [1.807, 2.05) is 19.6 Å². The minimum atomic E-state index is -4.37. The van der Waals surface area contributed by atoms with Crippen LogP contribution in [0.15, 0.2) is 24.3 Å². The molecular weight excluding hydrogens is 273 g/mol. The molecule has 0 radical (unpaired) electrons. The van der Waals surface area contributed by atoms with Crippen molar-refractivity contribution in [2.45, 2.75) is 32.2 Å². The molecule has 2 nitrogen and oxygen atoms in total. The first-order valence-corrected chi connectivity index (χ1v) is 9.48. The summed E-state index contributed by atoms with van der Waals surface area (Å²) in [5.74, 6) is -1.04. The number of hydrogen-bond donors (Lipinski definition) is 1. The molecule has 1 atom stereocenters. The third-order valence-electron chi connectivity index (χ3n) is 2.51. The van der Waals surface area contributed by atoms with E-state index in [2.05, 4.69) is 0 Å². The van der Waals surface area contributed by atoms with Gasteiger partial charge in [-0.2, -0.15) is 13.2 Å². The van der Waals surface area contributed by atoms with Crippen molar-refractivity contribution in [1.82, 2.24) is 0 Å². The number of hydrogen-bond acceptors (Lipinski definition) is 2. The Morgan fingerprint density at radius 3 is 2.05 bits per heavy atom. The number of aliphatic hydroxyl groups excluding tert-OH is 1. The SMILES string of the molecule is C[Si](C)(C)Oc1ccc(CC(CO)C(F)(F)F)cc1. The smallest absolute Gasteiger partial charge is 0.394 e. The Labute approximate surface area is 112 Å². The van der Waals surface area contributed by atoms with Crippen molar-refractivity contribution in [3.63, 3.8) is 0 Å². The predicted molar refractivity (Wildman–Crippen MR) is 70.8 cm³/mol. The second kappa shape index (κ2) is 5.96. The van der Waals surface area contributed by atoms with Gasteiger partial charge >= 0.3 is 6.18 Å². The monoisotopic (exact) mass is 292 g/mol. The standard InChI is InChI=1S/C13H19F3O2Si/c1-19(2,3)18-12-6-4-10(5-7-12)8-11(9-17)13(14,15)16/h4-7,11,17H,8-9H2,1-3H3. The fourth-order valence-corrected chi connectivity index (χ4v) is 2.46. The Morgan fingerprint density at radius 1 is 1.16 bits per heavy atom. The molecule has 0 amide bonds. The third kappa shape index (κ3) is 5.65. The van der Waals surface area contributed by atoms with Crippen LogP contribution in [0.2, 0.25) is 19.6 Å². The van der Waals surface area contributed by atoms with Gasteiger partial charge in [0.05, 0.1) is 12.5 Å². The lowest BCUT2D eigenvalue weighted by molar-refractivity contribution is -0.183. The highest BCUT2D eigenvalue weighted by atomic mass is 28.4. The van der Waals surface area contributed by atoms with E-state index in [9.17, 15) is 13.2 Å². The first-order valence-electron chi connectivity index (χ1n) is 6.07. The molecule has 1 aromatic carbocycles. The van der Waals surface area contributed by atoms with Crippen LogP contribution in [-0.2, 0) is 6.42 Å². The minimum absolute atomic E-state index is 0.215. The van der Waals surface area contributed by atoms with Crippen molar-refractivity contribution in [3.8, 4) is 5.75 Å². The summed E-state index contributed by atoms with van der Waals surface area (Å²) >= 11 is 0. The Bertz CT molecular complexity index is 396. The van der Waals surface area contributed by atoms with Gasteiger partial charge in [0.1, 0.15) is 5.75 Å². The molecule has 108 valence electrons. The van der Waals surface area contributed by atoms with Crippen molar-refractivity contribution in [2.24, 2.45) is 5.92 Å². The van der Waals surface area contributed by atoms with E-state index < -0.39 is 27.0 Å². The van der Waals surface area contributed by atoms with E-state index >= 15 is 0 Å². The zero-order valence-corrected chi connectivity index (χ0v) is 12.3. The second-order valence-electron chi connectivity index (χ2n) is 5.48. The summed E-state index contributed by atoms with van der Waals surface area (Å²) in [5.41, 5.74) is 0.541. The average molecular weight is 292 g/mol. The molecule has 0 bridgehead atoms. The van der Waals surface area contributed by atoms with Crippen LogP contribution in [0.25, 0.3) is 0 Å². The molecule has 0 aliphatic carbocycles. The molecule has 0 aromatic heterocycles. The third-order valence-corrected chi connectivity index (χ3v) is 3.36. The van der Waals surface area contributed by atoms with Gasteiger partial charge < -0.3 is 9.53 Å². The van der Waals surface area contributed by atoms with Crippen LogP contribution in [0.4, 0.5) is 13.2 Å². The van der Waals surface area contributed by atoms with Crippen molar-refractivity contribution < 1.29 is 22.7 Å². The summed E-state index contributed by atoms with van der Waals surface area (Å²) in [7, 11) is -1.70. The van der Waals surface area contributed by atoms with Gasteiger partial charge in [-0.25, -0.2) is 0 Å². The highest BCUT2D eigenvalue weighted by Crippen LogP contribution is 2.29. The van der Waals surface area contributed by atoms with Gasteiger partial charge in [-0.3, -0.25) is 0 Å². The van der Waals surface area contributed by atoms with Crippen LogP contribution >= 0.6 is 0 Å². The Hall–Kier alpha value is -1.01. The molecule has 0 fully saturated rings. The maximum Gasteiger partial charge on any atom is 0.394 e. The van der Waals surface area contributed by atoms with Crippen LogP contribution in [0.5, 0.6) is 5.75 Å². The van der Waals surface area contributed by atoms with Crippen LogP contribution in [0.1, 0.15) is 5.56 Å². The molecule has 1 unspecified atom stereocenters. The van der Waals surface area contributed by atoms with E-state index in [4.69, 9.17) is 9.53 Å². The summed E-state index contributed by atoms with van der Waals surface area (Å²) in [4.78, 5) is 0. The van der Waals surface area contributed by atoms with Gasteiger partial charge in [0.15, 0.2) is 0 Å². The van der Waals surface area contributed by atoms with E-state index in [1.54, 1.807) is 24.3 Å². The number of rotatable bonds is 5. The molecule has 0 aliphatic heterocycles. The zero-order valence-electron chi connectivity index (χ0n) is 11.3. The van der Waals surface area contributed by atoms with Crippen LogP contribution in [-0.4, -0.2) is 26.2 Å². The fourth-order valence-electron chi connectivity index (χ4n) is 1.62. The predicted octanol–water partition coefficient (Wildman–Crippen LogP) is 3.61. The molecule has 6 heteroatoms. The first kappa shape index (κ1) is 16.0. The number of benzene rings is 1. The molecule has 0 spiro atoms. The van der Waals surface area contributed by atoms with Gasteiger partial charge in [0.2, 0.25) is 8.32 Å². The molecule has 0 aliphatic rings.